The average molecular weight is 483 g/mol. The van der Waals surface area contributed by atoms with Crippen LogP contribution in [0.5, 0.6) is 5.75 Å². The van der Waals surface area contributed by atoms with E-state index in [1.165, 1.54) is 31.4 Å². The van der Waals surface area contributed by atoms with Gasteiger partial charge in [-0.25, -0.2) is 13.1 Å². The monoisotopic (exact) mass is 482 g/mol. The van der Waals surface area contributed by atoms with Crippen molar-refractivity contribution >= 4 is 37.5 Å². The van der Waals surface area contributed by atoms with E-state index in [1.54, 1.807) is 4.90 Å². The summed E-state index contributed by atoms with van der Waals surface area (Å²) in [6, 6.07) is 11.9. The Morgan fingerprint density at radius 1 is 1.24 bits per heavy atom. The van der Waals surface area contributed by atoms with E-state index in [0.717, 1.165) is 22.1 Å². The zero-order valence-corrected chi connectivity index (χ0v) is 18.6. The van der Waals surface area contributed by atoms with E-state index in [1.807, 2.05) is 25.1 Å². The molecule has 0 spiro atoms. The van der Waals surface area contributed by atoms with Crippen LogP contribution >= 0.6 is 15.9 Å². The molecule has 1 aliphatic rings. The van der Waals surface area contributed by atoms with Crippen molar-refractivity contribution in [2.24, 2.45) is 0 Å². The van der Waals surface area contributed by atoms with Crippen molar-refractivity contribution in [2.75, 3.05) is 31.8 Å². The van der Waals surface area contributed by atoms with Gasteiger partial charge in [-0.15, -0.1) is 0 Å². The molecule has 0 bridgehead atoms. The molecule has 3 rings (SSSR count). The van der Waals surface area contributed by atoms with Gasteiger partial charge in [0.2, 0.25) is 10.0 Å². The van der Waals surface area contributed by atoms with Crippen molar-refractivity contribution in [3.8, 4) is 5.75 Å². The van der Waals surface area contributed by atoms with E-state index < -0.39 is 10.0 Å². The maximum Gasteiger partial charge on any atom is 0.265 e. The van der Waals surface area contributed by atoms with Crippen LogP contribution in [0.3, 0.4) is 0 Å². The summed E-state index contributed by atoms with van der Waals surface area (Å²) in [7, 11) is -2.10. The fourth-order valence-corrected chi connectivity index (χ4v) is 4.69. The van der Waals surface area contributed by atoms with Crippen LogP contribution < -0.4 is 14.4 Å². The molecule has 0 saturated carbocycles. The highest BCUT2D eigenvalue weighted by atomic mass is 79.9. The summed E-state index contributed by atoms with van der Waals surface area (Å²) < 4.78 is 38.2. The Kier molecular flexibility index (Phi) is 6.94. The number of benzene rings is 2. The fraction of sp³-hybridized carbons (Fsp3) is 0.350. The van der Waals surface area contributed by atoms with Gasteiger partial charge < -0.3 is 14.4 Å². The summed E-state index contributed by atoms with van der Waals surface area (Å²) in [5.41, 5.74) is 2.02. The van der Waals surface area contributed by atoms with Gasteiger partial charge in [-0.1, -0.05) is 15.9 Å². The molecular weight excluding hydrogens is 460 g/mol. The lowest BCUT2D eigenvalue weighted by atomic mass is 10.1. The number of rotatable bonds is 8. The van der Waals surface area contributed by atoms with Gasteiger partial charge >= 0.3 is 0 Å². The smallest absolute Gasteiger partial charge is 0.265 e. The third-order valence-corrected chi connectivity index (χ3v) is 6.59. The number of carbonyl (C=O) groups is 1. The summed E-state index contributed by atoms with van der Waals surface area (Å²) in [5.74, 6) is 0.286. The molecule has 2 aromatic rings. The predicted octanol–water partition coefficient (Wildman–Crippen LogP) is 2.73. The highest BCUT2D eigenvalue weighted by Crippen LogP contribution is 2.34. The molecule has 0 radical (unpaired) electrons. The van der Waals surface area contributed by atoms with E-state index in [9.17, 15) is 13.2 Å². The molecule has 0 unspecified atom stereocenters. The summed E-state index contributed by atoms with van der Waals surface area (Å²) in [5, 5.41) is 0. The van der Waals surface area contributed by atoms with Crippen LogP contribution in [0.1, 0.15) is 12.5 Å². The Bertz CT molecular complexity index is 979. The second-order valence-electron chi connectivity index (χ2n) is 6.74. The number of amides is 1. The SMILES string of the molecule is COCCNS(=O)(=O)c1ccc(OCC(=O)N2c3ccc(Br)cc3C[C@@H]2C)cc1. The minimum Gasteiger partial charge on any atom is -0.484 e. The molecule has 0 aromatic heterocycles. The first-order valence-corrected chi connectivity index (χ1v) is 11.4. The van der Waals surface area contributed by atoms with Crippen molar-refractivity contribution in [3.05, 3.63) is 52.5 Å². The van der Waals surface area contributed by atoms with Gasteiger partial charge in [-0.05, 0) is 61.4 Å². The van der Waals surface area contributed by atoms with E-state index in [2.05, 4.69) is 20.7 Å². The first kappa shape index (κ1) is 21.8. The molecular formula is C20H23BrN2O5S. The molecule has 1 aliphatic heterocycles. The molecule has 7 nitrogen and oxygen atoms in total. The van der Waals surface area contributed by atoms with Crippen LogP contribution in [0.15, 0.2) is 51.8 Å². The van der Waals surface area contributed by atoms with Gasteiger partial charge in [0, 0.05) is 29.9 Å². The van der Waals surface area contributed by atoms with Gasteiger partial charge in [-0.3, -0.25) is 4.79 Å². The second kappa shape index (κ2) is 9.25. The Balaban J connectivity index is 1.61. The van der Waals surface area contributed by atoms with Gasteiger partial charge in [0.25, 0.3) is 5.91 Å². The Labute approximate surface area is 179 Å². The Morgan fingerprint density at radius 3 is 2.66 bits per heavy atom. The topological polar surface area (TPSA) is 84.9 Å². The standard InChI is InChI=1S/C20H23BrN2O5S/c1-14-11-15-12-16(21)3-8-19(15)23(14)20(24)13-28-17-4-6-18(7-5-17)29(25,26)22-9-10-27-2/h3-8,12,14,22H,9-11,13H2,1-2H3/t14-/m0/s1. The summed E-state index contributed by atoms with van der Waals surface area (Å²) >= 11 is 3.46. The average Bonchev–Trinajstić information content (AvgIpc) is 3.01. The number of carbonyl (C=O) groups excluding carboxylic acids is 1. The van der Waals surface area contributed by atoms with Crippen LogP contribution in [-0.4, -0.2) is 47.2 Å². The molecule has 0 fully saturated rings. The first-order valence-electron chi connectivity index (χ1n) is 9.14. The maximum absolute atomic E-state index is 12.7. The Morgan fingerprint density at radius 2 is 1.97 bits per heavy atom. The molecule has 0 saturated heterocycles. The number of hydrogen-bond acceptors (Lipinski definition) is 5. The molecule has 9 heteroatoms. The molecule has 1 heterocycles. The number of hydrogen-bond donors (Lipinski definition) is 1. The normalized spacial score (nSPS) is 16.0. The number of sulfonamides is 1. The molecule has 1 amide bonds. The van der Waals surface area contributed by atoms with E-state index in [4.69, 9.17) is 9.47 Å². The highest BCUT2D eigenvalue weighted by Gasteiger charge is 2.31. The van der Waals surface area contributed by atoms with E-state index in [0.29, 0.717) is 5.75 Å². The van der Waals surface area contributed by atoms with Crippen molar-refractivity contribution in [2.45, 2.75) is 24.3 Å². The van der Waals surface area contributed by atoms with Crippen LogP contribution in [0.4, 0.5) is 5.69 Å². The Hall–Kier alpha value is -1.94. The number of ether oxygens (including phenoxy) is 2. The number of halogens is 1. The van der Waals surface area contributed by atoms with Crippen molar-refractivity contribution in [3.63, 3.8) is 0 Å². The zero-order valence-electron chi connectivity index (χ0n) is 16.2. The molecule has 0 aliphatic carbocycles. The van der Waals surface area contributed by atoms with Gasteiger partial charge in [0.15, 0.2) is 6.61 Å². The zero-order chi connectivity index (χ0) is 21.0. The third-order valence-electron chi connectivity index (χ3n) is 4.62. The van der Waals surface area contributed by atoms with Gasteiger partial charge in [-0.2, -0.15) is 0 Å². The first-order chi connectivity index (χ1) is 13.8. The minimum absolute atomic E-state index is 0.0566. The van der Waals surface area contributed by atoms with Crippen molar-refractivity contribution in [1.82, 2.24) is 4.72 Å². The number of nitrogens with zero attached hydrogens (tertiary/aromatic N) is 1. The largest absolute Gasteiger partial charge is 0.484 e. The van der Waals surface area contributed by atoms with Crippen molar-refractivity contribution in [1.29, 1.82) is 0 Å². The number of nitrogens with one attached hydrogen (secondary N) is 1. The van der Waals surface area contributed by atoms with Gasteiger partial charge in [0.1, 0.15) is 5.75 Å². The summed E-state index contributed by atoms with van der Waals surface area (Å²) in [6.07, 6.45) is 0.795. The number of fused-ring (bicyclic) bond motifs is 1. The molecule has 1 atom stereocenters. The predicted molar refractivity (Wildman–Crippen MR) is 114 cm³/mol. The molecule has 2 aromatic carbocycles. The lowest BCUT2D eigenvalue weighted by Gasteiger charge is -2.22. The van der Waals surface area contributed by atoms with Crippen LogP contribution in [-0.2, 0) is 26.0 Å². The quantitative estimate of drug-likeness (QED) is 0.584. The maximum atomic E-state index is 12.7. The third kappa shape index (κ3) is 5.16. The number of methoxy groups -OCH3 is 1. The lowest BCUT2D eigenvalue weighted by molar-refractivity contribution is -0.120. The summed E-state index contributed by atoms with van der Waals surface area (Å²) in [4.78, 5) is 14.6. The fourth-order valence-electron chi connectivity index (χ4n) is 3.27. The molecule has 1 N–H and O–H groups in total. The lowest BCUT2D eigenvalue weighted by Crippen LogP contribution is -2.39. The second-order valence-corrected chi connectivity index (χ2v) is 9.42. The highest BCUT2D eigenvalue weighted by molar-refractivity contribution is 9.10. The van der Waals surface area contributed by atoms with E-state index >= 15 is 0 Å². The van der Waals surface area contributed by atoms with Crippen LogP contribution in [0.25, 0.3) is 0 Å². The van der Waals surface area contributed by atoms with Crippen molar-refractivity contribution < 1.29 is 22.7 Å². The van der Waals surface area contributed by atoms with Crippen LogP contribution in [0, 0.1) is 0 Å². The van der Waals surface area contributed by atoms with Gasteiger partial charge in [0.05, 0.1) is 11.5 Å². The van der Waals surface area contributed by atoms with E-state index in [-0.39, 0.29) is 36.6 Å². The minimum atomic E-state index is -3.60. The number of anilines is 1. The summed E-state index contributed by atoms with van der Waals surface area (Å²) in [6.45, 7) is 2.36. The molecule has 29 heavy (non-hydrogen) atoms. The van der Waals surface area contributed by atoms with Crippen LogP contribution in [0.2, 0.25) is 0 Å². The molecule has 156 valence electrons.